The third kappa shape index (κ3) is 4.63. The van der Waals surface area contributed by atoms with Crippen LogP contribution >= 0.6 is 0 Å². The molecular formula is C23H41N3O2. The van der Waals surface area contributed by atoms with E-state index in [0.29, 0.717) is 24.3 Å². The molecule has 0 amide bonds. The fraction of sp³-hybridized carbons (Fsp3) is 0.957. The van der Waals surface area contributed by atoms with Gasteiger partial charge in [0.25, 0.3) is 0 Å². The van der Waals surface area contributed by atoms with E-state index in [1.165, 1.54) is 77.3 Å². The van der Waals surface area contributed by atoms with E-state index in [2.05, 4.69) is 29.0 Å². The van der Waals surface area contributed by atoms with Crippen LogP contribution < -0.4 is 5.32 Å². The van der Waals surface area contributed by atoms with Crippen molar-refractivity contribution in [2.75, 3.05) is 19.6 Å². The number of hydrogen-bond donors (Lipinski definition) is 1. The first-order valence-corrected chi connectivity index (χ1v) is 12.0. The molecule has 1 N–H and O–H groups in total. The smallest absolute Gasteiger partial charge is 0.151 e. The van der Waals surface area contributed by atoms with Crippen molar-refractivity contribution >= 4 is 6.29 Å². The van der Waals surface area contributed by atoms with E-state index < -0.39 is 0 Å². The second-order valence-corrected chi connectivity index (χ2v) is 9.93. The predicted octanol–water partition coefficient (Wildman–Crippen LogP) is 3.18. The van der Waals surface area contributed by atoms with Gasteiger partial charge in [0.1, 0.15) is 6.17 Å². The zero-order valence-corrected chi connectivity index (χ0v) is 18.0. The summed E-state index contributed by atoms with van der Waals surface area (Å²) in [4.78, 5) is 17.1. The van der Waals surface area contributed by atoms with Crippen molar-refractivity contribution in [3.05, 3.63) is 0 Å². The first kappa shape index (κ1) is 20.8. The zero-order chi connectivity index (χ0) is 19.5. The Kier molecular flexibility index (Phi) is 7.08. The van der Waals surface area contributed by atoms with Gasteiger partial charge >= 0.3 is 0 Å². The Hall–Kier alpha value is -0.490. The van der Waals surface area contributed by atoms with E-state index in [4.69, 9.17) is 4.74 Å². The zero-order valence-electron chi connectivity index (χ0n) is 18.0. The first-order chi connectivity index (χ1) is 13.7. The number of aldehydes is 1. The number of nitrogens with zero attached hydrogens (tertiary/aromatic N) is 2. The summed E-state index contributed by atoms with van der Waals surface area (Å²) in [5.74, 6) is 0.749. The first-order valence-electron chi connectivity index (χ1n) is 12.0. The molecule has 0 aromatic carbocycles. The SMILES string of the molecule is CC(C)OC1CCC(N2CCC(N3C(C=O)NCC4CCCCC43)CC2)CC1. The van der Waals surface area contributed by atoms with Gasteiger partial charge in [0.15, 0.2) is 6.29 Å². The van der Waals surface area contributed by atoms with Crippen LogP contribution in [0.2, 0.25) is 0 Å². The van der Waals surface area contributed by atoms with Crippen LogP contribution in [0.15, 0.2) is 0 Å². The molecular weight excluding hydrogens is 350 g/mol. The number of hydrogen-bond acceptors (Lipinski definition) is 5. The van der Waals surface area contributed by atoms with Crippen molar-refractivity contribution < 1.29 is 9.53 Å². The average Bonchev–Trinajstić information content (AvgIpc) is 2.73. The molecule has 4 fully saturated rings. The van der Waals surface area contributed by atoms with Crippen LogP contribution in [0.4, 0.5) is 0 Å². The lowest BCUT2D eigenvalue weighted by Gasteiger charge is -2.53. The molecule has 0 spiro atoms. The number of rotatable bonds is 5. The highest BCUT2D eigenvalue weighted by Crippen LogP contribution is 2.36. The summed E-state index contributed by atoms with van der Waals surface area (Å²) in [6.45, 7) is 7.73. The summed E-state index contributed by atoms with van der Waals surface area (Å²) in [6.07, 6.45) is 14.7. The van der Waals surface area contributed by atoms with Crippen LogP contribution in [0.25, 0.3) is 0 Å². The summed E-state index contributed by atoms with van der Waals surface area (Å²) >= 11 is 0. The number of fused-ring (bicyclic) bond motifs is 1. The van der Waals surface area contributed by atoms with Crippen molar-refractivity contribution in [1.82, 2.24) is 15.1 Å². The second kappa shape index (κ2) is 9.55. The third-order valence-electron chi connectivity index (χ3n) is 7.84. The van der Waals surface area contributed by atoms with Crippen LogP contribution in [-0.4, -0.2) is 72.2 Å². The van der Waals surface area contributed by atoms with Gasteiger partial charge in [-0.15, -0.1) is 0 Å². The standard InChI is InChI=1S/C23H41N3O2/c1-17(2)28-21-9-7-19(8-10-21)25-13-11-20(12-14-25)26-22-6-4-3-5-18(22)15-24-23(26)16-27/h16-24H,3-15H2,1-2H3. The third-order valence-corrected chi connectivity index (χ3v) is 7.84. The number of ether oxygens (including phenoxy) is 1. The van der Waals surface area contributed by atoms with Crippen LogP contribution in [0, 0.1) is 5.92 Å². The number of nitrogens with one attached hydrogen (secondary N) is 1. The Balaban J connectivity index is 1.30. The molecule has 5 heteroatoms. The molecule has 3 unspecified atom stereocenters. The monoisotopic (exact) mass is 391 g/mol. The quantitative estimate of drug-likeness (QED) is 0.729. The highest BCUT2D eigenvalue weighted by Gasteiger charge is 2.42. The lowest BCUT2D eigenvalue weighted by atomic mass is 9.80. The molecule has 2 aliphatic carbocycles. The molecule has 0 radical (unpaired) electrons. The van der Waals surface area contributed by atoms with Crippen LogP contribution in [0.3, 0.4) is 0 Å². The highest BCUT2D eigenvalue weighted by atomic mass is 16.5. The molecule has 2 saturated carbocycles. The molecule has 2 aliphatic heterocycles. The topological polar surface area (TPSA) is 44.8 Å². The summed E-state index contributed by atoms with van der Waals surface area (Å²) in [5.41, 5.74) is 0. The van der Waals surface area contributed by atoms with Gasteiger partial charge in [0.05, 0.1) is 12.2 Å². The van der Waals surface area contributed by atoms with Gasteiger partial charge in [-0.3, -0.25) is 10.2 Å². The minimum absolute atomic E-state index is 0.0560. The van der Waals surface area contributed by atoms with E-state index >= 15 is 0 Å². The number of carbonyl (C=O) groups is 1. The largest absolute Gasteiger partial charge is 0.376 e. The molecule has 0 aromatic heterocycles. The Labute approximate surface area is 171 Å². The molecule has 5 nitrogen and oxygen atoms in total. The minimum Gasteiger partial charge on any atom is -0.376 e. The summed E-state index contributed by atoms with van der Waals surface area (Å²) in [7, 11) is 0. The summed E-state index contributed by atoms with van der Waals surface area (Å²) in [6, 6.07) is 1.95. The second-order valence-electron chi connectivity index (χ2n) is 9.93. The van der Waals surface area contributed by atoms with E-state index in [-0.39, 0.29) is 6.17 Å². The fourth-order valence-electron chi connectivity index (χ4n) is 6.50. The maximum Gasteiger partial charge on any atom is 0.151 e. The van der Waals surface area contributed by atoms with E-state index in [1.807, 2.05) is 0 Å². The van der Waals surface area contributed by atoms with Crippen LogP contribution in [0.1, 0.15) is 78.1 Å². The molecule has 4 rings (SSSR count). The lowest BCUT2D eigenvalue weighted by molar-refractivity contribution is -0.122. The molecule has 4 aliphatic rings. The van der Waals surface area contributed by atoms with Crippen molar-refractivity contribution in [3.8, 4) is 0 Å². The lowest BCUT2D eigenvalue weighted by Crippen LogP contribution is -2.66. The Bertz CT molecular complexity index is 498. The Morgan fingerprint density at radius 2 is 1.64 bits per heavy atom. The van der Waals surface area contributed by atoms with Crippen LogP contribution in [0.5, 0.6) is 0 Å². The highest BCUT2D eigenvalue weighted by molar-refractivity contribution is 5.57. The molecule has 28 heavy (non-hydrogen) atoms. The van der Waals surface area contributed by atoms with E-state index in [1.54, 1.807) is 0 Å². The molecule has 160 valence electrons. The van der Waals surface area contributed by atoms with Crippen LogP contribution in [-0.2, 0) is 9.53 Å². The fourth-order valence-corrected chi connectivity index (χ4v) is 6.50. The predicted molar refractivity (Wildman–Crippen MR) is 112 cm³/mol. The number of piperidine rings is 1. The number of likely N-dealkylation sites (tertiary alicyclic amines) is 1. The van der Waals surface area contributed by atoms with Gasteiger partial charge in [0, 0.05) is 24.7 Å². The maximum absolute atomic E-state index is 11.8. The van der Waals surface area contributed by atoms with Crippen molar-refractivity contribution in [3.63, 3.8) is 0 Å². The molecule has 3 atom stereocenters. The van der Waals surface area contributed by atoms with Gasteiger partial charge in [-0.2, -0.15) is 0 Å². The Morgan fingerprint density at radius 3 is 2.32 bits per heavy atom. The minimum atomic E-state index is -0.0560. The van der Waals surface area contributed by atoms with Crippen molar-refractivity contribution in [2.24, 2.45) is 5.92 Å². The summed E-state index contributed by atoms with van der Waals surface area (Å²) < 4.78 is 6.03. The average molecular weight is 392 g/mol. The summed E-state index contributed by atoms with van der Waals surface area (Å²) in [5, 5.41) is 3.54. The normalized spacial score (nSPS) is 39.0. The molecule has 0 aromatic rings. The maximum atomic E-state index is 11.8. The van der Waals surface area contributed by atoms with Gasteiger partial charge in [-0.25, -0.2) is 0 Å². The van der Waals surface area contributed by atoms with Gasteiger partial charge in [-0.1, -0.05) is 12.8 Å². The van der Waals surface area contributed by atoms with E-state index in [0.717, 1.165) is 24.8 Å². The molecule has 2 saturated heterocycles. The Morgan fingerprint density at radius 1 is 0.929 bits per heavy atom. The molecule has 0 bridgehead atoms. The van der Waals surface area contributed by atoms with Gasteiger partial charge in [-0.05, 0) is 84.2 Å². The van der Waals surface area contributed by atoms with E-state index in [9.17, 15) is 4.79 Å². The van der Waals surface area contributed by atoms with Crippen molar-refractivity contribution in [2.45, 2.75) is 115 Å². The van der Waals surface area contributed by atoms with Gasteiger partial charge in [0.2, 0.25) is 0 Å². The number of carbonyl (C=O) groups excluding carboxylic acids is 1. The van der Waals surface area contributed by atoms with Crippen molar-refractivity contribution in [1.29, 1.82) is 0 Å². The molecule has 2 heterocycles. The van der Waals surface area contributed by atoms with Gasteiger partial charge < -0.3 is 14.4 Å².